The van der Waals surface area contributed by atoms with E-state index in [9.17, 15) is 18.7 Å². The summed E-state index contributed by atoms with van der Waals surface area (Å²) in [6.07, 6.45) is 0.298. The third kappa shape index (κ3) is 5.23. The zero-order valence-electron chi connectivity index (χ0n) is 19.4. The van der Waals surface area contributed by atoms with Crippen LogP contribution in [0.3, 0.4) is 0 Å². The van der Waals surface area contributed by atoms with Crippen molar-refractivity contribution in [3.05, 3.63) is 63.7 Å². The van der Waals surface area contributed by atoms with E-state index in [2.05, 4.69) is 10.3 Å². The summed E-state index contributed by atoms with van der Waals surface area (Å²) >= 11 is 6.19. The number of nitrogens with zero attached hydrogens (tertiary/aromatic N) is 3. The lowest BCUT2D eigenvalue weighted by Crippen LogP contribution is -2.29. The topological polar surface area (TPSA) is 101 Å². The quantitative estimate of drug-likeness (QED) is 0.533. The zero-order chi connectivity index (χ0) is 25.3. The van der Waals surface area contributed by atoms with E-state index in [4.69, 9.17) is 21.7 Å². The van der Waals surface area contributed by atoms with Crippen molar-refractivity contribution in [2.45, 2.75) is 26.4 Å². The number of benzene rings is 1. The van der Waals surface area contributed by atoms with Gasteiger partial charge >= 0.3 is 0 Å². The van der Waals surface area contributed by atoms with Gasteiger partial charge in [0.25, 0.3) is 5.91 Å². The molecule has 0 bridgehead atoms. The third-order valence-corrected chi connectivity index (χ3v) is 6.55. The minimum absolute atomic E-state index is 0.0170. The van der Waals surface area contributed by atoms with E-state index in [0.717, 1.165) is 12.1 Å². The highest BCUT2D eigenvalue weighted by molar-refractivity contribution is 6.43. The Morgan fingerprint density at radius 1 is 1.40 bits per heavy atom. The summed E-state index contributed by atoms with van der Waals surface area (Å²) < 4.78 is 33.5. The lowest BCUT2D eigenvalue weighted by Gasteiger charge is -2.20. The summed E-state index contributed by atoms with van der Waals surface area (Å²) in [7, 11) is 0. The number of hydrogen-bond acceptors (Lipinski definition) is 7. The Kier molecular flexibility index (Phi) is 7.23. The molecule has 0 aliphatic carbocycles. The molecule has 0 saturated carbocycles. The Morgan fingerprint density at radius 2 is 2.17 bits per heavy atom. The van der Waals surface area contributed by atoms with Crippen LogP contribution >= 0.6 is 11.6 Å². The Morgan fingerprint density at radius 3 is 2.89 bits per heavy atom. The Bertz CT molecular complexity index is 1190. The lowest BCUT2D eigenvalue weighted by molar-refractivity contribution is 0.0801. The van der Waals surface area contributed by atoms with Crippen LogP contribution in [0.15, 0.2) is 57.3 Å². The van der Waals surface area contributed by atoms with Gasteiger partial charge in [0.05, 0.1) is 47.4 Å². The van der Waals surface area contributed by atoms with Crippen LogP contribution in [-0.2, 0) is 0 Å². The standard InChI is InChI=1S/C24H26ClF2N5O3/c1-13-22(25)14(2)30-23(29-13)19-10-32(11-20(19)28)24(34)18-4-3-15(26)8-21(18)35-12-17-7-16(27)9-31(17)5-6-33/h3-4,8,12,16,28-29,33H,5-7,9-11H2,1-2H3/b17-12+,23-19+,28-20?. The van der Waals surface area contributed by atoms with E-state index in [1.165, 1.54) is 17.2 Å². The molecule has 186 valence electrons. The number of rotatable bonds is 5. The average molecular weight is 506 g/mol. The fraction of sp³-hybridized carbons (Fsp3) is 0.375. The van der Waals surface area contributed by atoms with Gasteiger partial charge < -0.3 is 30.4 Å². The minimum Gasteiger partial charge on any atom is -0.462 e. The van der Waals surface area contributed by atoms with E-state index in [-0.39, 0.29) is 56.2 Å². The van der Waals surface area contributed by atoms with Crippen molar-refractivity contribution in [3.63, 3.8) is 0 Å². The Labute approximate surface area is 206 Å². The number of β-amino-alcohol motifs (C(OH)–C–C–N with tert-alkyl or cyclic N) is 1. The molecule has 3 aliphatic heterocycles. The second-order valence-corrected chi connectivity index (χ2v) is 8.94. The number of hydrogen-bond donors (Lipinski definition) is 3. The van der Waals surface area contributed by atoms with Crippen LogP contribution in [-0.4, -0.2) is 71.2 Å². The second-order valence-electron chi connectivity index (χ2n) is 8.57. The number of aliphatic hydroxyl groups excluding tert-OH is 1. The van der Waals surface area contributed by atoms with Crippen molar-refractivity contribution in [1.82, 2.24) is 15.1 Å². The van der Waals surface area contributed by atoms with Gasteiger partial charge in [0.15, 0.2) is 0 Å². The number of allylic oxidation sites excluding steroid dienone is 3. The molecule has 11 heteroatoms. The van der Waals surface area contributed by atoms with Crippen LogP contribution in [0.2, 0.25) is 0 Å². The highest BCUT2D eigenvalue weighted by Crippen LogP contribution is 2.29. The largest absolute Gasteiger partial charge is 0.462 e. The molecule has 2 saturated heterocycles. The Hall–Kier alpha value is -3.24. The molecule has 0 aromatic heterocycles. The number of nitrogens with one attached hydrogen (secondary N) is 2. The van der Waals surface area contributed by atoms with Crippen molar-refractivity contribution in [3.8, 4) is 5.75 Å². The molecule has 4 rings (SSSR count). The van der Waals surface area contributed by atoms with Gasteiger partial charge in [-0.2, -0.15) is 0 Å². The number of likely N-dealkylation sites (tertiary alicyclic amines) is 2. The van der Waals surface area contributed by atoms with E-state index < -0.39 is 17.9 Å². The molecule has 8 nitrogen and oxygen atoms in total. The molecule has 1 atom stereocenters. The Balaban J connectivity index is 1.57. The number of carbonyl (C=O) groups excluding carboxylic acids is 1. The molecule has 1 aromatic carbocycles. The van der Waals surface area contributed by atoms with Crippen LogP contribution in [0.25, 0.3) is 0 Å². The van der Waals surface area contributed by atoms with Gasteiger partial charge in [0.2, 0.25) is 0 Å². The number of aliphatic hydroxyl groups is 1. The van der Waals surface area contributed by atoms with Crippen molar-refractivity contribution < 1.29 is 23.4 Å². The summed E-state index contributed by atoms with van der Waals surface area (Å²) in [4.78, 5) is 20.9. The minimum atomic E-state index is -1.10. The van der Waals surface area contributed by atoms with Crippen LogP contribution in [0, 0.1) is 11.2 Å². The van der Waals surface area contributed by atoms with Gasteiger partial charge in [-0.1, -0.05) is 11.6 Å². The monoisotopic (exact) mass is 505 g/mol. The molecule has 2 fully saturated rings. The number of amides is 1. The van der Waals surface area contributed by atoms with Gasteiger partial charge in [-0.15, -0.1) is 0 Å². The summed E-state index contributed by atoms with van der Waals surface area (Å²) in [5.74, 6) is -0.584. The van der Waals surface area contributed by atoms with Crippen LogP contribution < -0.4 is 10.1 Å². The third-order valence-electron chi connectivity index (χ3n) is 5.99. The van der Waals surface area contributed by atoms with Crippen molar-refractivity contribution in [1.29, 1.82) is 5.41 Å². The normalized spacial score (nSPS) is 23.8. The first-order valence-corrected chi connectivity index (χ1v) is 11.5. The van der Waals surface area contributed by atoms with Gasteiger partial charge in [-0.3, -0.25) is 4.79 Å². The van der Waals surface area contributed by atoms with E-state index in [1.807, 2.05) is 0 Å². The SMILES string of the molecule is CC1=N/C(=C2\CN(C(=O)c3ccc(F)cc3O/C=C3\CC(F)CN3CCO)CC2=N)NC(C)=C1Cl. The maximum Gasteiger partial charge on any atom is 0.258 e. The molecule has 3 N–H and O–H groups in total. The number of alkyl halides is 1. The molecule has 1 unspecified atom stereocenters. The molecule has 3 heterocycles. The average Bonchev–Trinajstić information content (AvgIpc) is 3.37. The van der Waals surface area contributed by atoms with Gasteiger partial charge in [-0.25, -0.2) is 13.8 Å². The van der Waals surface area contributed by atoms with Crippen LogP contribution in [0.4, 0.5) is 8.78 Å². The number of halogens is 3. The molecular formula is C24H26ClF2N5O3. The first-order chi connectivity index (χ1) is 16.7. The predicted molar refractivity (Wildman–Crippen MR) is 129 cm³/mol. The van der Waals surface area contributed by atoms with Crippen LogP contribution in [0.1, 0.15) is 30.6 Å². The molecule has 1 amide bonds. The van der Waals surface area contributed by atoms with Crippen LogP contribution in [0.5, 0.6) is 5.75 Å². The number of ether oxygens (including phenoxy) is 1. The zero-order valence-corrected chi connectivity index (χ0v) is 20.1. The molecule has 0 radical (unpaired) electrons. The van der Waals surface area contributed by atoms with Gasteiger partial charge in [-0.05, 0) is 26.0 Å². The summed E-state index contributed by atoms with van der Waals surface area (Å²) in [5, 5.41) is 21.2. The van der Waals surface area contributed by atoms with E-state index in [0.29, 0.717) is 33.5 Å². The molecule has 0 spiro atoms. The summed E-state index contributed by atoms with van der Waals surface area (Å²) in [6.45, 7) is 3.98. The molecular weight excluding hydrogens is 480 g/mol. The maximum atomic E-state index is 14.0. The highest BCUT2D eigenvalue weighted by Gasteiger charge is 2.32. The smallest absolute Gasteiger partial charge is 0.258 e. The molecule has 3 aliphatic rings. The molecule has 1 aromatic rings. The number of aliphatic imine (C=N–C) groups is 1. The second kappa shape index (κ2) is 10.2. The summed E-state index contributed by atoms with van der Waals surface area (Å²) in [6, 6.07) is 3.58. The lowest BCUT2D eigenvalue weighted by atomic mass is 10.1. The van der Waals surface area contributed by atoms with Gasteiger partial charge in [0.1, 0.15) is 29.8 Å². The fourth-order valence-corrected chi connectivity index (χ4v) is 4.30. The predicted octanol–water partition coefficient (Wildman–Crippen LogP) is 3.30. The fourth-order valence-electron chi connectivity index (χ4n) is 4.21. The van der Waals surface area contributed by atoms with Crippen molar-refractivity contribution in [2.75, 3.05) is 32.8 Å². The van der Waals surface area contributed by atoms with E-state index in [1.54, 1.807) is 18.7 Å². The van der Waals surface area contributed by atoms with E-state index >= 15 is 0 Å². The first kappa shape index (κ1) is 24.9. The van der Waals surface area contributed by atoms with Crippen molar-refractivity contribution in [2.24, 2.45) is 4.99 Å². The summed E-state index contributed by atoms with van der Waals surface area (Å²) in [5.41, 5.74) is 2.74. The number of carbonyl (C=O) groups is 1. The van der Waals surface area contributed by atoms with Gasteiger partial charge in [0, 0.05) is 36.8 Å². The molecule has 35 heavy (non-hydrogen) atoms. The maximum absolute atomic E-state index is 14.0. The van der Waals surface area contributed by atoms with Crippen molar-refractivity contribution >= 4 is 28.9 Å². The first-order valence-electron chi connectivity index (χ1n) is 11.1. The highest BCUT2D eigenvalue weighted by atomic mass is 35.5.